The molecule has 0 aliphatic carbocycles. The maximum Gasteiger partial charge on any atom is 0.364 e. The second-order valence-electron chi connectivity index (χ2n) is 7.19. The van der Waals surface area contributed by atoms with Gasteiger partial charge in [0.1, 0.15) is 18.3 Å². The minimum atomic E-state index is -2.27. The molecular weight excluding hydrogens is 388 g/mol. The topological polar surface area (TPSA) is 192 Å². The normalized spacial score (nSPS) is 29.2. The fourth-order valence-electron chi connectivity index (χ4n) is 3.19. The van der Waals surface area contributed by atoms with Crippen molar-refractivity contribution in [1.29, 1.82) is 0 Å². The molecule has 1 aliphatic rings. The number of aliphatic hydroxyl groups excluding tert-OH is 4. The Morgan fingerprint density at radius 2 is 2.00 bits per heavy atom. The number of amides is 1. The van der Waals surface area contributed by atoms with Crippen LogP contribution in [0, 0.1) is 0 Å². The number of ether oxygens (including phenoxy) is 2. The lowest BCUT2D eigenvalue weighted by Crippen LogP contribution is -2.68. The van der Waals surface area contributed by atoms with Crippen LogP contribution in [0.4, 0.5) is 0 Å². The number of nitrogens with one attached hydrogen (secondary N) is 1. The third kappa shape index (κ3) is 7.14. The molecule has 29 heavy (non-hydrogen) atoms. The van der Waals surface area contributed by atoms with Crippen molar-refractivity contribution in [2.45, 2.75) is 81.7 Å². The first-order valence-corrected chi connectivity index (χ1v) is 9.92. The monoisotopic (exact) mass is 422 g/mol. The molecular formula is C18H34N2O9. The largest absolute Gasteiger partial charge is 0.477 e. The molecule has 0 aromatic carbocycles. The molecule has 1 aliphatic heterocycles. The standard InChI is InChI=1S/C18H34N2O9/c1-2-6-13(24)20-14-11(22)9-18(17(26)27,28-8-5-3-4-7-19)29-16(14)15(25)12(23)10-21/h11-12,14-16,21-23,25H,2-10,19H2,1H3,(H,20,24)(H,26,27)/t11-,12+,14+,15+,16+,18+/m0/s1. The second-order valence-corrected chi connectivity index (χ2v) is 7.19. The van der Waals surface area contributed by atoms with Crippen molar-refractivity contribution < 1.29 is 44.6 Å². The van der Waals surface area contributed by atoms with E-state index >= 15 is 0 Å². The van der Waals surface area contributed by atoms with Crippen molar-refractivity contribution in [3.8, 4) is 0 Å². The number of nitrogens with two attached hydrogens (primary N) is 1. The number of carbonyl (C=O) groups is 2. The van der Waals surface area contributed by atoms with Crippen LogP contribution in [-0.2, 0) is 19.1 Å². The van der Waals surface area contributed by atoms with E-state index in [2.05, 4.69) is 5.32 Å². The smallest absolute Gasteiger partial charge is 0.364 e. The van der Waals surface area contributed by atoms with Gasteiger partial charge in [-0.1, -0.05) is 6.92 Å². The van der Waals surface area contributed by atoms with E-state index in [1.807, 2.05) is 0 Å². The number of carboxylic acid groups (broad SMARTS) is 1. The summed E-state index contributed by atoms with van der Waals surface area (Å²) in [6, 6.07) is -1.20. The second kappa shape index (κ2) is 12.4. The maximum absolute atomic E-state index is 12.0. The molecule has 1 fully saturated rings. The third-order valence-corrected chi connectivity index (χ3v) is 4.80. The van der Waals surface area contributed by atoms with Crippen LogP contribution in [0.15, 0.2) is 0 Å². The van der Waals surface area contributed by atoms with E-state index in [1.54, 1.807) is 6.92 Å². The van der Waals surface area contributed by atoms with Crippen LogP contribution in [0.2, 0.25) is 0 Å². The molecule has 1 heterocycles. The molecule has 0 saturated carbocycles. The van der Waals surface area contributed by atoms with Crippen molar-refractivity contribution in [2.24, 2.45) is 5.73 Å². The highest BCUT2D eigenvalue weighted by Gasteiger charge is 2.55. The quantitative estimate of drug-likeness (QED) is 0.164. The Morgan fingerprint density at radius 1 is 1.31 bits per heavy atom. The third-order valence-electron chi connectivity index (χ3n) is 4.80. The van der Waals surface area contributed by atoms with E-state index < -0.39 is 61.1 Å². The average molecular weight is 422 g/mol. The Morgan fingerprint density at radius 3 is 2.55 bits per heavy atom. The zero-order valence-electron chi connectivity index (χ0n) is 16.7. The molecule has 11 nitrogen and oxygen atoms in total. The van der Waals surface area contributed by atoms with Crippen molar-refractivity contribution in [2.75, 3.05) is 19.8 Å². The summed E-state index contributed by atoms with van der Waals surface area (Å²) in [7, 11) is 0. The summed E-state index contributed by atoms with van der Waals surface area (Å²) >= 11 is 0. The molecule has 0 spiro atoms. The minimum absolute atomic E-state index is 0.0112. The molecule has 6 atom stereocenters. The van der Waals surface area contributed by atoms with Gasteiger partial charge in [-0.25, -0.2) is 4.79 Å². The number of hydrogen-bond donors (Lipinski definition) is 7. The minimum Gasteiger partial charge on any atom is -0.477 e. The van der Waals surface area contributed by atoms with Crippen molar-refractivity contribution in [3.05, 3.63) is 0 Å². The van der Waals surface area contributed by atoms with E-state index in [9.17, 15) is 30.0 Å². The van der Waals surface area contributed by atoms with Gasteiger partial charge in [0.05, 0.1) is 25.4 Å². The summed E-state index contributed by atoms with van der Waals surface area (Å²) in [6.45, 7) is 1.46. The number of unbranched alkanes of at least 4 members (excludes halogenated alkanes) is 2. The molecule has 8 N–H and O–H groups in total. The number of hydrogen-bond acceptors (Lipinski definition) is 9. The highest BCUT2D eigenvalue weighted by molar-refractivity contribution is 5.77. The summed E-state index contributed by atoms with van der Waals surface area (Å²) in [4.78, 5) is 23.9. The van der Waals surface area contributed by atoms with E-state index in [0.717, 1.165) is 6.42 Å². The fraction of sp³-hybridized carbons (Fsp3) is 0.889. The first-order chi connectivity index (χ1) is 13.7. The van der Waals surface area contributed by atoms with Gasteiger partial charge in [0.15, 0.2) is 0 Å². The first kappa shape index (κ1) is 25.7. The molecule has 1 saturated heterocycles. The molecule has 11 heteroatoms. The zero-order valence-corrected chi connectivity index (χ0v) is 16.7. The summed E-state index contributed by atoms with van der Waals surface area (Å²) in [5, 5.41) is 52.1. The SMILES string of the molecule is CCCC(=O)N[C@H]1[C@H]([C@H](O)[C@H](O)CO)O[C@@](OCCCCCN)(C(=O)O)C[C@@H]1O. The summed E-state index contributed by atoms with van der Waals surface area (Å²) in [6.07, 6.45) is -4.26. The van der Waals surface area contributed by atoms with Gasteiger partial charge in [0, 0.05) is 12.8 Å². The highest BCUT2D eigenvalue weighted by Crippen LogP contribution is 2.33. The predicted molar refractivity (Wildman–Crippen MR) is 101 cm³/mol. The summed E-state index contributed by atoms with van der Waals surface area (Å²) in [5.41, 5.74) is 5.42. The zero-order chi connectivity index (χ0) is 22.0. The van der Waals surface area contributed by atoms with Crippen LogP contribution >= 0.6 is 0 Å². The summed E-state index contributed by atoms with van der Waals surface area (Å²) in [5.74, 6) is -4.21. The Hall–Kier alpha value is -1.34. The maximum atomic E-state index is 12.0. The van der Waals surface area contributed by atoms with Crippen LogP contribution in [0.3, 0.4) is 0 Å². The van der Waals surface area contributed by atoms with Crippen molar-refractivity contribution in [3.63, 3.8) is 0 Å². The van der Waals surface area contributed by atoms with Crippen LogP contribution in [0.25, 0.3) is 0 Å². The molecule has 1 rings (SSSR count). The lowest BCUT2D eigenvalue weighted by atomic mass is 9.88. The predicted octanol–water partition coefficient (Wildman–Crippen LogP) is -1.94. The van der Waals surface area contributed by atoms with Gasteiger partial charge in [-0.2, -0.15) is 0 Å². The first-order valence-electron chi connectivity index (χ1n) is 9.92. The Labute approximate surface area is 169 Å². The van der Waals surface area contributed by atoms with E-state index in [0.29, 0.717) is 25.8 Å². The fourth-order valence-corrected chi connectivity index (χ4v) is 3.19. The lowest BCUT2D eigenvalue weighted by Gasteiger charge is -2.46. The molecule has 170 valence electrons. The molecule has 0 bridgehead atoms. The van der Waals surface area contributed by atoms with Gasteiger partial charge < -0.3 is 46.1 Å². The van der Waals surface area contributed by atoms with E-state index in [4.69, 9.17) is 20.3 Å². The van der Waals surface area contributed by atoms with Gasteiger partial charge in [-0.15, -0.1) is 0 Å². The van der Waals surface area contributed by atoms with Crippen LogP contribution in [0.1, 0.15) is 45.4 Å². The highest BCUT2D eigenvalue weighted by atomic mass is 16.7. The number of aliphatic carboxylic acids is 1. The van der Waals surface area contributed by atoms with E-state index in [-0.39, 0.29) is 13.0 Å². The molecule has 0 radical (unpaired) electrons. The Bertz CT molecular complexity index is 522. The molecule has 0 aromatic heterocycles. The number of carbonyl (C=O) groups excluding carboxylic acids is 1. The van der Waals surface area contributed by atoms with Crippen molar-refractivity contribution >= 4 is 11.9 Å². The van der Waals surface area contributed by atoms with Gasteiger partial charge in [-0.3, -0.25) is 4.79 Å². The van der Waals surface area contributed by atoms with Crippen molar-refractivity contribution in [1.82, 2.24) is 5.32 Å². The van der Waals surface area contributed by atoms with Gasteiger partial charge in [-0.05, 0) is 32.2 Å². The van der Waals surface area contributed by atoms with Crippen LogP contribution < -0.4 is 11.1 Å². The number of aliphatic hydroxyl groups is 4. The Balaban J connectivity index is 3.05. The lowest BCUT2D eigenvalue weighted by molar-refractivity contribution is -0.311. The Kier molecular flexibility index (Phi) is 11.0. The van der Waals surface area contributed by atoms with Gasteiger partial charge in [0.25, 0.3) is 5.79 Å². The number of rotatable bonds is 13. The average Bonchev–Trinajstić information content (AvgIpc) is 2.68. The molecule has 0 aromatic rings. The molecule has 0 unspecified atom stereocenters. The molecule has 1 amide bonds. The van der Waals surface area contributed by atoms with Gasteiger partial charge >= 0.3 is 5.97 Å². The van der Waals surface area contributed by atoms with Gasteiger partial charge in [0.2, 0.25) is 5.91 Å². The van der Waals surface area contributed by atoms with E-state index in [1.165, 1.54) is 0 Å². The number of carboxylic acids is 1. The van der Waals surface area contributed by atoms with Crippen LogP contribution in [-0.4, -0.2) is 93.4 Å². The van der Waals surface area contributed by atoms with Crippen LogP contribution in [0.5, 0.6) is 0 Å². The summed E-state index contributed by atoms with van der Waals surface area (Å²) < 4.78 is 11.0.